The Morgan fingerprint density at radius 2 is 1.84 bits per heavy atom. The number of aromatic nitrogens is 2. The maximum atomic E-state index is 11.2. The Morgan fingerprint density at radius 3 is 2.44 bits per heavy atom. The molecule has 0 radical (unpaired) electrons. The van der Waals surface area contributed by atoms with Crippen LogP contribution >= 0.6 is 11.6 Å². The second kappa shape index (κ2) is 7.04. The number of halogens is 1. The Bertz CT molecular complexity index is 984. The molecule has 0 aliphatic rings. The summed E-state index contributed by atoms with van der Waals surface area (Å²) in [5.74, 6) is -1.28. The largest absolute Gasteiger partial charge is 0.477 e. The maximum absolute atomic E-state index is 11.2. The molecule has 0 amide bonds. The second-order valence-electron chi connectivity index (χ2n) is 5.20. The van der Waals surface area contributed by atoms with E-state index in [1.54, 1.807) is 41.2 Å². The highest BCUT2D eigenvalue weighted by molar-refractivity contribution is 6.30. The quantitative estimate of drug-likeness (QED) is 0.566. The molecule has 5 nitrogen and oxygen atoms in total. The van der Waals surface area contributed by atoms with Crippen molar-refractivity contribution in [3.8, 4) is 23.0 Å². The molecule has 3 rings (SSSR count). The lowest BCUT2D eigenvalue weighted by Gasteiger charge is -2.00. The van der Waals surface area contributed by atoms with Crippen molar-refractivity contribution in [1.82, 2.24) is 9.78 Å². The van der Waals surface area contributed by atoms with E-state index >= 15 is 0 Å². The minimum Gasteiger partial charge on any atom is -0.477 e. The molecule has 3 aromatic rings. The van der Waals surface area contributed by atoms with Gasteiger partial charge in [-0.15, -0.1) is 0 Å². The standard InChI is InChI=1S/C19H12ClN3O2/c20-16-8-6-13(7-9-16)18-15(10-14(11-21)19(24)25)12-23(22-18)17-4-2-1-3-5-17/h1-10,12H,(H,24,25)/b14-10+. The molecule has 1 heterocycles. The molecule has 0 bridgehead atoms. The monoisotopic (exact) mass is 349 g/mol. The number of benzene rings is 2. The number of rotatable bonds is 4. The fourth-order valence-corrected chi connectivity index (χ4v) is 2.46. The molecule has 2 aromatic carbocycles. The molecule has 0 aliphatic carbocycles. The Hall–Kier alpha value is -3.36. The first-order chi connectivity index (χ1) is 12.1. The van der Waals surface area contributed by atoms with Crippen LogP contribution in [-0.4, -0.2) is 20.9 Å². The zero-order valence-corrected chi connectivity index (χ0v) is 13.7. The van der Waals surface area contributed by atoms with Crippen molar-refractivity contribution in [2.45, 2.75) is 0 Å². The number of hydrogen-bond acceptors (Lipinski definition) is 3. The van der Waals surface area contributed by atoms with Gasteiger partial charge in [0.15, 0.2) is 0 Å². The van der Waals surface area contributed by atoms with Gasteiger partial charge in [-0.3, -0.25) is 0 Å². The average molecular weight is 350 g/mol. The summed E-state index contributed by atoms with van der Waals surface area (Å²) in [6, 6.07) is 18.2. The number of para-hydroxylation sites is 1. The molecule has 25 heavy (non-hydrogen) atoms. The van der Waals surface area contributed by atoms with E-state index in [-0.39, 0.29) is 5.57 Å². The maximum Gasteiger partial charge on any atom is 0.346 e. The fourth-order valence-electron chi connectivity index (χ4n) is 2.34. The Balaban J connectivity index is 2.18. The van der Waals surface area contributed by atoms with Crippen molar-refractivity contribution < 1.29 is 9.90 Å². The zero-order chi connectivity index (χ0) is 17.8. The first-order valence-corrected chi connectivity index (χ1v) is 7.72. The SMILES string of the molecule is N#C/C(=C\c1cn(-c2ccccc2)nc1-c1ccc(Cl)cc1)C(=O)O. The van der Waals surface area contributed by atoms with Crippen LogP contribution in [0.1, 0.15) is 5.56 Å². The number of aliphatic carboxylic acids is 1. The van der Waals surface area contributed by atoms with Gasteiger partial charge in [-0.1, -0.05) is 41.9 Å². The molecule has 0 aliphatic heterocycles. The molecule has 0 saturated heterocycles. The Kier molecular flexibility index (Phi) is 4.64. The summed E-state index contributed by atoms with van der Waals surface area (Å²) in [6.07, 6.45) is 3.01. The van der Waals surface area contributed by atoms with Crippen LogP contribution in [-0.2, 0) is 4.79 Å². The minimum absolute atomic E-state index is 0.358. The van der Waals surface area contributed by atoms with Gasteiger partial charge in [0.1, 0.15) is 11.6 Å². The van der Waals surface area contributed by atoms with E-state index in [1.807, 2.05) is 30.3 Å². The predicted molar refractivity (Wildman–Crippen MR) is 95.2 cm³/mol. The lowest BCUT2D eigenvalue weighted by Crippen LogP contribution is -1.97. The van der Waals surface area contributed by atoms with Crippen molar-refractivity contribution in [3.63, 3.8) is 0 Å². The molecule has 0 unspecified atom stereocenters. The van der Waals surface area contributed by atoms with Crippen molar-refractivity contribution in [1.29, 1.82) is 5.26 Å². The Labute approximate surface area is 149 Å². The summed E-state index contributed by atoms with van der Waals surface area (Å²) in [7, 11) is 0. The third-order valence-corrected chi connectivity index (χ3v) is 3.78. The molecular formula is C19H12ClN3O2. The van der Waals surface area contributed by atoms with Crippen LogP contribution in [0.4, 0.5) is 0 Å². The van der Waals surface area contributed by atoms with Gasteiger partial charge in [-0.25, -0.2) is 9.48 Å². The van der Waals surface area contributed by atoms with E-state index in [0.717, 1.165) is 11.3 Å². The molecule has 0 atom stereocenters. The van der Waals surface area contributed by atoms with E-state index in [4.69, 9.17) is 22.0 Å². The predicted octanol–water partition coefficient (Wildman–Crippen LogP) is 4.18. The van der Waals surface area contributed by atoms with E-state index in [1.165, 1.54) is 6.08 Å². The van der Waals surface area contributed by atoms with Crippen LogP contribution in [0, 0.1) is 11.3 Å². The number of nitrogens with zero attached hydrogens (tertiary/aromatic N) is 3. The average Bonchev–Trinajstić information content (AvgIpc) is 3.04. The van der Waals surface area contributed by atoms with Gasteiger partial charge in [0.05, 0.1) is 11.4 Å². The van der Waals surface area contributed by atoms with Crippen molar-refractivity contribution in [2.75, 3.05) is 0 Å². The lowest BCUT2D eigenvalue weighted by atomic mass is 10.1. The van der Waals surface area contributed by atoms with E-state index in [9.17, 15) is 4.79 Å². The number of hydrogen-bond donors (Lipinski definition) is 1. The van der Waals surface area contributed by atoms with Gasteiger partial charge in [0.2, 0.25) is 0 Å². The van der Waals surface area contributed by atoms with Gasteiger partial charge in [0.25, 0.3) is 0 Å². The highest BCUT2D eigenvalue weighted by atomic mass is 35.5. The van der Waals surface area contributed by atoms with Crippen molar-refractivity contribution in [3.05, 3.63) is 77.0 Å². The molecule has 0 saturated carbocycles. The molecule has 1 aromatic heterocycles. The van der Waals surface area contributed by atoms with E-state index < -0.39 is 5.97 Å². The molecule has 6 heteroatoms. The smallest absolute Gasteiger partial charge is 0.346 e. The number of nitriles is 1. The summed E-state index contributed by atoms with van der Waals surface area (Å²) >= 11 is 5.93. The van der Waals surface area contributed by atoms with Gasteiger partial charge in [-0.2, -0.15) is 10.4 Å². The van der Waals surface area contributed by atoms with Crippen LogP contribution < -0.4 is 0 Å². The van der Waals surface area contributed by atoms with Gasteiger partial charge < -0.3 is 5.11 Å². The molecule has 122 valence electrons. The molecule has 0 fully saturated rings. The third-order valence-electron chi connectivity index (χ3n) is 3.53. The summed E-state index contributed by atoms with van der Waals surface area (Å²) in [4.78, 5) is 11.2. The van der Waals surface area contributed by atoms with E-state index in [2.05, 4.69) is 5.10 Å². The van der Waals surface area contributed by atoms with Crippen molar-refractivity contribution in [2.24, 2.45) is 0 Å². The summed E-state index contributed by atoms with van der Waals surface area (Å²) in [5, 5.41) is 23.3. The van der Waals surface area contributed by atoms with Gasteiger partial charge in [0, 0.05) is 22.3 Å². The van der Waals surface area contributed by atoms with Crippen LogP contribution in [0.25, 0.3) is 23.0 Å². The first-order valence-electron chi connectivity index (χ1n) is 7.34. The fraction of sp³-hybridized carbons (Fsp3) is 0. The highest BCUT2D eigenvalue weighted by Gasteiger charge is 2.14. The lowest BCUT2D eigenvalue weighted by molar-refractivity contribution is -0.132. The van der Waals surface area contributed by atoms with E-state index in [0.29, 0.717) is 16.3 Å². The summed E-state index contributed by atoms with van der Waals surface area (Å²) < 4.78 is 1.65. The summed E-state index contributed by atoms with van der Waals surface area (Å²) in [6.45, 7) is 0. The zero-order valence-electron chi connectivity index (χ0n) is 12.9. The normalized spacial score (nSPS) is 11.1. The summed E-state index contributed by atoms with van der Waals surface area (Å²) in [5.41, 5.74) is 2.33. The Morgan fingerprint density at radius 1 is 1.16 bits per heavy atom. The third kappa shape index (κ3) is 3.60. The molecule has 0 spiro atoms. The molecular weight excluding hydrogens is 338 g/mol. The van der Waals surface area contributed by atoms with Crippen molar-refractivity contribution >= 4 is 23.6 Å². The van der Waals surface area contributed by atoms with Gasteiger partial charge in [-0.05, 0) is 30.3 Å². The first kappa shape index (κ1) is 16.5. The van der Waals surface area contributed by atoms with Crippen LogP contribution in [0.3, 0.4) is 0 Å². The highest BCUT2D eigenvalue weighted by Crippen LogP contribution is 2.27. The minimum atomic E-state index is -1.28. The number of carboxylic acid groups (broad SMARTS) is 1. The van der Waals surface area contributed by atoms with Crippen LogP contribution in [0.15, 0.2) is 66.4 Å². The second-order valence-corrected chi connectivity index (χ2v) is 5.63. The molecule has 1 N–H and O–H groups in total. The number of carbonyl (C=O) groups is 1. The van der Waals surface area contributed by atoms with Crippen LogP contribution in [0.2, 0.25) is 5.02 Å². The topological polar surface area (TPSA) is 78.9 Å². The van der Waals surface area contributed by atoms with Crippen LogP contribution in [0.5, 0.6) is 0 Å². The van der Waals surface area contributed by atoms with Gasteiger partial charge >= 0.3 is 5.97 Å². The number of carboxylic acids is 1.